The first kappa shape index (κ1) is 21.6. The molecule has 164 valence electrons. The fourth-order valence-corrected chi connectivity index (χ4v) is 3.84. The summed E-state index contributed by atoms with van der Waals surface area (Å²) in [6.45, 7) is 1.56. The molecule has 4 rings (SSSR count). The normalized spacial score (nSPS) is 10.9. The maximum atomic E-state index is 12.1. The zero-order valence-electron chi connectivity index (χ0n) is 18.2. The van der Waals surface area contributed by atoms with Crippen LogP contribution in [-0.4, -0.2) is 28.6 Å². The van der Waals surface area contributed by atoms with Gasteiger partial charge in [0.05, 0.1) is 11.0 Å². The van der Waals surface area contributed by atoms with Gasteiger partial charge in [-0.15, -0.1) is 0 Å². The molecule has 0 spiro atoms. The number of benzene rings is 3. The molecular weight excluding hydrogens is 398 g/mol. The third-order valence-electron chi connectivity index (χ3n) is 5.44. The standard InChI is InChI=1S/C27H29N3O2/c31-27(21-32-23-14-5-2-6-15-23)28-19-9-18-26-29-24-16-7-8-17-25(24)30(26)20-10-13-22-11-3-1-4-12-22/h1-8,11-12,14-17H,9-10,13,18-21H2,(H,28,31). The largest absolute Gasteiger partial charge is 0.484 e. The van der Waals surface area contributed by atoms with E-state index in [0.29, 0.717) is 12.3 Å². The Hall–Kier alpha value is -3.60. The van der Waals surface area contributed by atoms with Gasteiger partial charge in [0.1, 0.15) is 11.6 Å². The molecule has 0 saturated carbocycles. The van der Waals surface area contributed by atoms with Gasteiger partial charge in [-0.05, 0) is 49.1 Å². The fourth-order valence-electron chi connectivity index (χ4n) is 3.84. The van der Waals surface area contributed by atoms with E-state index in [9.17, 15) is 4.79 Å². The van der Waals surface area contributed by atoms with Crippen LogP contribution in [0.4, 0.5) is 0 Å². The van der Waals surface area contributed by atoms with Crippen LogP contribution < -0.4 is 10.1 Å². The SMILES string of the molecule is O=C(COc1ccccc1)NCCCc1nc2ccccc2n1CCCc1ccccc1. The summed E-state index contributed by atoms with van der Waals surface area (Å²) in [5.41, 5.74) is 3.57. The lowest BCUT2D eigenvalue weighted by atomic mass is 10.1. The van der Waals surface area contributed by atoms with Crippen LogP contribution in [0.2, 0.25) is 0 Å². The van der Waals surface area contributed by atoms with Gasteiger partial charge in [0.15, 0.2) is 6.61 Å². The number of hydrogen-bond donors (Lipinski definition) is 1. The van der Waals surface area contributed by atoms with Gasteiger partial charge in [-0.2, -0.15) is 0 Å². The van der Waals surface area contributed by atoms with Gasteiger partial charge in [0.25, 0.3) is 5.91 Å². The van der Waals surface area contributed by atoms with Gasteiger partial charge in [-0.25, -0.2) is 4.98 Å². The Kier molecular flexibility index (Phi) is 7.53. The molecule has 0 atom stereocenters. The quantitative estimate of drug-likeness (QED) is 0.350. The van der Waals surface area contributed by atoms with Crippen LogP contribution in [0.5, 0.6) is 5.75 Å². The smallest absolute Gasteiger partial charge is 0.257 e. The van der Waals surface area contributed by atoms with Crippen molar-refractivity contribution in [3.8, 4) is 5.75 Å². The Morgan fingerprint density at radius 1 is 0.844 bits per heavy atom. The Balaban J connectivity index is 1.28. The van der Waals surface area contributed by atoms with E-state index in [4.69, 9.17) is 9.72 Å². The van der Waals surface area contributed by atoms with E-state index in [1.165, 1.54) is 11.1 Å². The highest BCUT2D eigenvalue weighted by atomic mass is 16.5. The molecule has 0 aliphatic rings. The number of para-hydroxylation sites is 3. The van der Waals surface area contributed by atoms with Gasteiger partial charge in [0.2, 0.25) is 0 Å². The minimum absolute atomic E-state index is 0.0298. The van der Waals surface area contributed by atoms with Gasteiger partial charge in [-0.1, -0.05) is 60.7 Å². The van der Waals surface area contributed by atoms with Crippen molar-refractivity contribution in [3.63, 3.8) is 0 Å². The highest BCUT2D eigenvalue weighted by Gasteiger charge is 2.10. The number of carbonyl (C=O) groups is 1. The van der Waals surface area contributed by atoms with Gasteiger partial charge in [-0.3, -0.25) is 4.79 Å². The first-order valence-electron chi connectivity index (χ1n) is 11.2. The zero-order valence-corrected chi connectivity index (χ0v) is 18.2. The number of nitrogens with one attached hydrogen (secondary N) is 1. The highest BCUT2D eigenvalue weighted by Crippen LogP contribution is 2.18. The molecule has 3 aromatic carbocycles. The summed E-state index contributed by atoms with van der Waals surface area (Å²) in [7, 11) is 0. The van der Waals surface area contributed by atoms with Crippen molar-refractivity contribution in [2.45, 2.75) is 32.2 Å². The Bertz CT molecular complexity index is 1120. The lowest BCUT2D eigenvalue weighted by Crippen LogP contribution is -2.30. The average molecular weight is 428 g/mol. The van der Waals surface area contributed by atoms with E-state index in [-0.39, 0.29) is 12.5 Å². The first-order valence-corrected chi connectivity index (χ1v) is 11.2. The number of rotatable bonds is 11. The van der Waals surface area contributed by atoms with Crippen molar-refractivity contribution in [2.24, 2.45) is 0 Å². The summed E-state index contributed by atoms with van der Waals surface area (Å²) in [6.07, 6.45) is 3.76. The topological polar surface area (TPSA) is 56.1 Å². The number of aromatic nitrogens is 2. The van der Waals surface area contributed by atoms with Gasteiger partial charge < -0.3 is 14.6 Å². The van der Waals surface area contributed by atoms with E-state index >= 15 is 0 Å². The molecule has 4 aromatic rings. The minimum atomic E-state index is -0.106. The number of nitrogens with zero attached hydrogens (tertiary/aromatic N) is 2. The lowest BCUT2D eigenvalue weighted by molar-refractivity contribution is -0.123. The fraction of sp³-hybridized carbons (Fsp3) is 0.259. The van der Waals surface area contributed by atoms with E-state index in [0.717, 1.165) is 43.6 Å². The molecule has 0 fully saturated rings. The van der Waals surface area contributed by atoms with Crippen LogP contribution in [0.1, 0.15) is 24.2 Å². The Labute approximate surface area is 189 Å². The van der Waals surface area contributed by atoms with Gasteiger partial charge in [0, 0.05) is 19.5 Å². The second-order valence-electron chi connectivity index (χ2n) is 7.81. The number of amides is 1. The molecule has 0 radical (unpaired) electrons. The van der Waals surface area contributed by atoms with Crippen LogP contribution in [0.3, 0.4) is 0 Å². The van der Waals surface area contributed by atoms with Crippen molar-refractivity contribution in [3.05, 3.63) is 96.3 Å². The number of carbonyl (C=O) groups excluding carboxylic acids is 1. The summed E-state index contributed by atoms with van der Waals surface area (Å²) >= 11 is 0. The summed E-state index contributed by atoms with van der Waals surface area (Å²) in [5.74, 6) is 1.67. The third-order valence-corrected chi connectivity index (χ3v) is 5.44. The zero-order chi connectivity index (χ0) is 22.0. The van der Waals surface area contributed by atoms with Crippen LogP contribution in [0.25, 0.3) is 11.0 Å². The minimum Gasteiger partial charge on any atom is -0.484 e. The molecule has 1 aromatic heterocycles. The first-order chi connectivity index (χ1) is 15.8. The summed E-state index contributed by atoms with van der Waals surface area (Å²) in [5, 5.41) is 2.94. The molecule has 1 amide bonds. The lowest BCUT2D eigenvalue weighted by Gasteiger charge is -2.10. The van der Waals surface area contributed by atoms with Crippen molar-refractivity contribution in [2.75, 3.05) is 13.2 Å². The average Bonchev–Trinajstić information content (AvgIpc) is 3.19. The molecular formula is C27H29N3O2. The highest BCUT2D eigenvalue weighted by molar-refractivity contribution is 5.77. The predicted molar refractivity (Wildman–Crippen MR) is 128 cm³/mol. The molecule has 5 heteroatoms. The monoisotopic (exact) mass is 427 g/mol. The van der Waals surface area contributed by atoms with Crippen LogP contribution in [-0.2, 0) is 24.2 Å². The maximum absolute atomic E-state index is 12.1. The summed E-state index contributed by atoms with van der Waals surface area (Å²) in [6, 6.07) is 28.3. The molecule has 5 nitrogen and oxygen atoms in total. The molecule has 0 saturated heterocycles. The van der Waals surface area contributed by atoms with E-state index < -0.39 is 0 Å². The van der Waals surface area contributed by atoms with Crippen LogP contribution in [0.15, 0.2) is 84.9 Å². The van der Waals surface area contributed by atoms with E-state index in [1.54, 1.807) is 0 Å². The molecule has 0 bridgehead atoms. The second kappa shape index (κ2) is 11.1. The predicted octanol–water partition coefficient (Wildman–Crippen LogP) is 4.80. The van der Waals surface area contributed by atoms with Crippen molar-refractivity contribution >= 4 is 16.9 Å². The second-order valence-corrected chi connectivity index (χ2v) is 7.81. The molecule has 1 heterocycles. The van der Waals surface area contributed by atoms with Crippen LogP contribution in [0, 0.1) is 0 Å². The van der Waals surface area contributed by atoms with Crippen LogP contribution >= 0.6 is 0 Å². The van der Waals surface area contributed by atoms with Crippen molar-refractivity contribution in [1.29, 1.82) is 0 Å². The molecule has 0 unspecified atom stereocenters. The molecule has 32 heavy (non-hydrogen) atoms. The Morgan fingerprint density at radius 2 is 1.56 bits per heavy atom. The maximum Gasteiger partial charge on any atom is 0.257 e. The van der Waals surface area contributed by atoms with Crippen molar-refractivity contribution < 1.29 is 9.53 Å². The number of imidazole rings is 1. The van der Waals surface area contributed by atoms with E-state index in [2.05, 4.69) is 58.4 Å². The number of fused-ring (bicyclic) bond motifs is 1. The van der Waals surface area contributed by atoms with E-state index in [1.807, 2.05) is 36.4 Å². The molecule has 0 aliphatic carbocycles. The summed E-state index contributed by atoms with van der Waals surface area (Å²) < 4.78 is 7.83. The Morgan fingerprint density at radius 3 is 2.38 bits per heavy atom. The van der Waals surface area contributed by atoms with Gasteiger partial charge >= 0.3 is 0 Å². The number of aryl methyl sites for hydroxylation is 3. The summed E-state index contributed by atoms with van der Waals surface area (Å²) in [4.78, 5) is 16.9. The number of hydrogen-bond acceptors (Lipinski definition) is 3. The third kappa shape index (κ3) is 5.97. The van der Waals surface area contributed by atoms with Crippen molar-refractivity contribution in [1.82, 2.24) is 14.9 Å². The number of ether oxygens (including phenoxy) is 1. The molecule has 1 N–H and O–H groups in total. The molecule has 0 aliphatic heterocycles.